The minimum Gasteiger partial charge on any atom is -0.497 e. The normalized spacial score (nSPS) is 27.2. The lowest BCUT2D eigenvalue weighted by atomic mass is 9.98. The summed E-state index contributed by atoms with van der Waals surface area (Å²) >= 11 is 0. The first-order chi connectivity index (χ1) is 14.3. The number of fused-ring (bicyclic) bond motifs is 1. The number of carbonyl (C=O) groups excluding carboxylic acids is 3. The summed E-state index contributed by atoms with van der Waals surface area (Å²) in [4.78, 5) is 39.1. The fourth-order valence-electron chi connectivity index (χ4n) is 3.29. The highest BCUT2D eigenvalue weighted by atomic mass is 16.7. The maximum absolute atomic E-state index is 11.7. The van der Waals surface area contributed by atoms with Gasteiger partial charge in [0.1, 0.15) is 18.5 Å². The number of hydrogen-bond acceptors (Lipinski definition) is 10. The summed E-state index contributed by atoms with van der Waals surface area (Å²) in [6.07, 6.45) is -4.68. The Kier molecular flexibility index (Phi) is 6.56. The van der Waals surface area contributed by atoms with E-state index < -0.39 is 48.6 Å². The Morgan fingerprint density at radius 3 is 2.37 bits per heavy atom. The third-order valence-corrected chi connectivity index (χ3v) is 4.47. The average Bonchev–Trinajstić information content (AvgIpc) is 3.11. The van der Waals surface area contributed by atoms with Crippen LogP contribution in [0.1, 0.15) is 26.3 Å². The van der Waals surface area contributed by atoms with Crippen LogP contribution in [-0.4, -0.2) is 68.2 Å². The van der Waals surface area contributed by atoms with Gasteiger partial charge in [-0.05, 0) is 18.2 Å². The Morgan fingerprint density at radius 1 is 1.03 bits per heavy atom. The predicted molar refractivity (Wildman–Crippen MR) is 101 cm³/mol. The minimum absolute atomic E-state index is 0.210. The van der Waals surface area contributed by atoms with Gasteiger partial charge in [0.05, 0.1) is 7.11 Å². The van der Waals surface area contributed by atoms with Crippen LogP contribution in [0.5, 0.6) is 5.75 Å². The van der Waals surface area contributed by atoms with Gasteiger partial charge in [0.25, 0.3) is 0 Å². The van der Waals surface area contributed by atoms with Crippen molar-refractivity contribution in [2.75, 3.05) is 13.7 Å². The largest absolute Gasteiger partial charge is 0.497 e. The highest BCUT2D eigenvalue weighted by Gasteiger charge is 2.54. The van der Waals surface area contributed by atoms with Gasteiger partial charge in [-0.1, -0.05) is 6.07 Å². The van der Waals surface area contributed by atoms with Crippen molar-refractivity contribution in [3.05, 3.63) is 29.8 Å². The molecule has 0 spiro atoms. The molecule has 1 aromatic rings. The topological polar surface area (TPSA) is 119 Å². The van der Waals surface area contributed by atoms with Crippen molar-refractivity contribution in [1.29, 1.82) is 0 Å². The summed E-state index contributed by atoms with van der Waals surface area (Å²) < 4.78 is 32.9. The molecule has 0 unspecified atom stereocenters. The number of aliphatic imine (C=N–C) groups is 1. The average molecular weight is 421 g/mol. The Morgan fingerprint density at radius 2 is 1.73 bits per heavy atom. The second-order valence-corrected chi connectivity index (χ2v) is 6.76. The molecule has 0 aromatic heterocycles. The zero-order valence-corrected chi connectivity index (χ0v) is 17.0. The standard InChI is InChI=1S/C20H23NO9/c1-10(22)26-9-15-16(27-11(2)23)17(28-12(3)24)18-20(29-15)21-19(30-18)13-6-5-7-14(8-13)25-4/h5-8,15-18,20H,9H2,1-4H3/t15-,16-,17+,18-,20+/m1/s1. The minimum atomic E-state index is -1.05. The molecule has 2 aliphatic heterocycles. The van der Waals surface area contributed by atoms with Crippen LogP contribution in [0.2, 0.25) is 0 Å². The summed E-state index contributed by atoms with van der Waals surface area (Å²) in [7, 11) is 1.54. The van der Waals surface area contributed by atoms with Gasteiger partial charge in [0.15, 0.2) is 24.5 Å². The van der Waals surface area contributed by atoms with Crippen molar-refractivity contribution in [1.82, 2.24) is 0 Å². The highest BCUT2D eigenvalue weighted by Crippen LogP contribution is 2.34. The zero-order valence-electron chi connectivity index (χ0n) is 17.0. The number of carbonyl (C=O) groups is 3. The van der Waals surface area contributed by atoms with E-state index in [-0.39, 0.29) is 12.5 Å². The second kappa shape index (κ2) is 9.12. The monoisotopic (exact) mass is 421 g/mol. The number of ether oxygens (including phenoxy) is 6. The van der Waals surface area contributed by atoms with Gasteiger partial charge < -0.3 is 28.4 Å². The molecule has 2 aliphatic rings. The van der Waals surface area contributed by atoms with Crippen molar-refractivity contribution in [2.45, 2.75) is 51.4 Å². The SMILES string of the molecule is COc1cccc(C2=N[C@H]3O[C@H](COC(C)=O)[C@@H](OC(C)=O)[C@H](OC(C)=O)[C@H]3O2)c1. The van der Waals surface area contributed by atoms with Gasteiger partial charge in [-0.25, -0.2) is 4.99 Å². The van der Waals surface area contributed by atoms with Crippen molar-refractivity contribution in [3.63, 3.8) is 0 Å². The van der Waals surface area contributed by atoms with Crippen LogP contribution in [-0.2, 0) is 38.1 Å². The van der Waals surface area contributed by atoms with Crippen LogP contribution in [0, 0.1) is 0 Å². The molecule has 0 saturated carbocycles. The maximum atomic E-state index is 11.7. The smallest absolute Gasteiger partial charge is 0.303 e. The molecule has 0 amide bonds. The molecule has 1 saturated heterocycles. The Bertz CT molecular complexity index is 852. The van der Waals surface area contributed by atoms with Gasteiger partial charge >= 0.3 is 17.9 Å². The number of rotatable bonds is 6. The van der Waals surface area contributed by atoms with Gasteiger partial charge in [0.2, 0.25) is 5.90 Å². The van der Waals surface area contributed by atoms with Crippen LogP contribution in [0.25, 0.3) is 0 Å². The van der Waals surface area contributed by atoms with E-state index in [1.165, 1.54) is 20.8 Å². The number of hydrogen-bond donors (Lipinski definition) is 0. The lowest BCUT2D eigenvalue weighted by Crippen LogP contribution is -2.60. The summed E-state index contributed by atoms with van der Waals surface area (Å²) in [5.74, 6) is -0.872. The molecule has 162 valence electrons. The summed E-state index contributed by atoms with van der Waals surface area (Å²) in [6.45, 7) is 3.48. The van der Waals surface area contributed by atoms with Crippen LogP contribution in [0.3, 0.4) is 0 Å². The van der Waals surface area contributed by atoms with E-state index in [4.69, 9.17) is 28.4 Å². The summed E-state index contributed by atoms with van der Waals surface area (Å²) in [5.41, 5.74) is 0.634. The quantitative estimate of drug-likeness (QED) is 0.489. The second-order valence-electron chi connectivity index (χ2n) is 6.76. The molecule has 30 heavy (non-hydrogen) atoms. The molecule has 10 nitrogen and oxygen atoms in total. The highest BCUT2D eigenvalue weighted by molar-refractivity contribution is 5.95. The molecule has 5 atom stereocenters. The molecular formula is C20H23NO9. The lowest BCUT2D eigenvalue weighted by Gasteiger charge is -2.40. The van der Waals surface area contributed by atoms with Gasteiger partial charge in [-0.15, -0.1) is 0 Å². The van der Waals surface area contributed by atoms with Crippen LogP contribution < -0.4 is 4.74 Å². The third-order valence-electron chi connectivity index (χ3n) is 4.47. The van der Waals surface area contributed by atoms with Gasteiger partial charge in [-0.3, -0.25) is 14.4 Å². The third kappa shape index (κ3) is 4.88. The first kappa shape index (κ1) is 21.6. The number of benzene rings is 1. The molecule has 2 heterocycles. The van der Waals surface area contributed by atoms with Crippen molar-refractivity contribution in [2.24, 2.45) is 4.99 Å². The van der Waals surface area contributed by atoms with E-state index in [1.54, 1.807) is 31.4 Å². The molecule has 0 bridgehead atoms. The van der Waals surface area contributed by atoms with Crippen molar-refractivity contribution < 1.29 is 42.8 Å². The summed E-state index contributed by atoms with van der Waals surface area (Å²) in [5, 5.41) is 0. The molecule has 0 N–H and O–H groups in total. The van der Waals surface area contributed by atoms with E-state index in [2.05, 4.69) is 4.99 Å². The fraction of sp³-hybridized carbons (Fsp3) is 0.500. The molecule has 1 fully saturated rings. The van der Waals surface area contributed by atoms with Crippen LogP contribution in [0.4, 0.5) is 0 Å². The zero-order chi connectivity index (χ0) is 21.8. The van der Waals surface area contributed by atoms with E-state index in [0.717, 1.165) is 0 Å². The number of methoxy groups -OCH3 is 1. The molecule has 0 radical (unpaired) electrons. The Labute approximate surface area is 173 Å². The first-order valence-corrected chi connectivity index (χ1v) is 9.30. The number of esters is 3. The Balaban J connectivity index is 1.91. The van der Waals surface area contributed by atoms with Crippen LogP contribution in [0.15, 0.2) is 29.3 Å². The predicted octanol–water partition coefficient (Wildman–Crippen LogP) is 0.992. The molecule has 3 rings (SSSR count). The maximum Gasteiger partial charge on any atom is 0.303 e. The van der Waals surface area contributed by atoms with Gasteiger partial charge in [0, 0.05) is 26.3 Å². The molecule has 10 heteroatoms. The van der Waals surface area contributed by atoms with E-state index in [0.29, 0.717) is 11.3 Å². The molecular weight excluding hydrogens is 398 g/mol. The molecule has 0 aliphatic carbocycles. The van der Waals surface area contributed by atoms with E-state index in [9.17, 15) is 14.4 Å². The van der Waals surface area contributed by atoms with Gasteiger partial charge in [-0.2, -0.15) is 0 Å². The first-order valence-electron chi connectivity index (χ1n) is 9.30. The van der Waals surface area contributed by atoms with E-state index >= 15 is 0 Å². The van der Waals surface area contributed by atoms with Crippen LogP contribution >= 0.6 is 0 Å². The molecule has 1 aromatic carbocycles. The van der Waals surface area contributed by atoms with E-state index in [1.807, 2.05) is 0 Å². The van der Waals surface area contributed by atoms with Crippen molar-refractivity contribution >= 4 is 23.8 Å². The van der Waals surface area contributed by atoms with Crippen molar-refractivity contribution in [3.8, 4) is 5.75 Å². The number of nitrogens with zero attached hydrogens (tertiary/aromatic N) is 1. The lowest BCUT2D eigenvalue weighted by molar-refractivity contribution is -0.236. The fourth-order valence-corrected chi connectivity index (χ4v) is 3.29. The summed E-state index contributed by atoms with van der Waals surface area (Å²) in [6, 6.07) is 7.06. The Hall–Kier alpha value is -3.14.